The highest BCUT2D eigenvalue weighted by Crippen LogP contribution is 2.28. The van der Waals surface area contributed by atoms with Crippen LogP contribution in [0.15, 0.2) is 23.2 Å². The van der Waals surface area contributed by atoms with Crippen molar-refractivity contribution in [3.8, 4) is 11.5 Å². The Morgan fingerprint density at radius 1 is 1.19 bits per heavy atom. The first-order valence-corrected chi connectivity index (χ1v) is 10.3. The van der Waals surface area contributed by atoms with Gasteiger partial charge in [-0.2, -0.15) is 0 Å². The molecule has 0 aliphatic carbocycles. The van der Waals surface area contributed by atoms with E-state index in [-0.39, 0.29) is 0 Å². The molecule has 6 heteroatoms. The minimum Gasteiger partial charge on any atom is -0.493 e. The van der Waals surface area contributed by atoms with Crippen molar-refractivity contribution < 1.29 is 9.47 Å². The molecule has 2 rings (SSSR count). The first-order chi connectivity index (χ1) is 13.2. The maximum absolute atomic E-state index is 5.58. The lowest BCUT2D eigenvalue weighted by Gasteiger charge is -2.32. The van der Waals surface area contributed by atoms with Crippen LogP contribution < -0.4 is 20.1 Å². The Balaban J connectivity index is 1.95. The van der Waals surface area contributed by atoms with E-state index >= 15 is 0 Å². The summed E-state index contributed by atoms with van der Waals surface area (Å²) in [5.74, 6) is 2.42. The molecule has 1 fully saturated rings. The number of ether oxygens (including phenoxy) is 2. The number of rotatable bonds is 9. The lowest BCUT2D eigenvalue weighted by molar-refractivity contribution is 0.206. The van der Waals surface area contributed by atoms with Crippen molar-refractivity contribution in [2.24, 2.45) is 4.99 Å². The predicted octanol–water partition coefficient (Wildman–Crippen LogP) is 3.02. The summed E-state index contributed by atoms with van der Waals surface area (Å²) in [4.78, 5) is 7.32. The van der Waals surface area contributed by atoms with Crippen LogP contribution in [-0.2, 0) is 6.54 Å². The molecule has 1 aromatic carbocycles. The van der Waals surface area contributed by atoms with Gasteiger partial charge in [-0.3, -0.25) is 0 Å². The van der Waals surface area contributed by atoms with Crippen molar-refractivity contribution in [1.82, 2.24) is 15.5 Å². The number of nitrogens with one attached hydrogen (secondary N) is 2. The second-order valence-electron chi connectivity index (χ2n) is 6.87. The zero-order valence-corrected chi connectivity index (χ0v) is 17.4. The van der Waals surface area contributed by atoms with Crippen molar-refractivity contribution in [3.05, 3.63) is 23.8 Å². The SMILES string of the molecule is CCCN1CCC(NC(=NCc2ccc(OCC)c(OC)c2)NCC)CC1. The van der Waals surface area contributed by atoms with Gasteiger partial charge >= 0.3 is 0 Å². The van der Waals surface area contributed by atoms with Gasteiger partial charge in [-0.25, -0.2) is 4.99 Å². The molecule has 0 bridgehead atoms. The highest BCUT2D eigenvalue weighted by molar-refractivity contribution is 5.80. The first kappa shape index (κ1) is 21.4. The third-order valence-electron chi connectivity index (χ3n) is 4.76. The number of methoxy groups -OCH3 is 1. The minimum absolute atomic E-state index is 0.491. The van der Waals surface area contributed by atoms with Gasteiger partial charge in [0.2, 0.25) is 0 Å². The molecule has 0 aromatic heterocycles. The summed E-state index contributed by atoms with van der Waals surface area (Å²) in [5, 5.41) is 6.97. The fraction of sp³-hybridized carbons (Fsp3) is 0.667. The summed E-state index contributed by atoms with van der Waals surface area (Å²) in [7, 11) is 1.67. The Labute approximate surface area is 164 Å². The van der Waals surface area contributed by atoms with E-state index in [0.717, 1.165) is 29.6 Å². The molecule has 152 valence electrons. The number of benzene rings is 1. The molecule has 0 saturated carbocycles. The van der Waals surface area contributed by atoms with Crippen molar-refractivity contribution in [1.29, 1.82) is 0 Å². The van der Waals surface area contributed by atoms with E-state index in [2.05, 4.69) is 29.4 Å². The Bertz CT molecular complexity index is 584. The van der Waals surface area contributed by atoms with Gasteiger partial charge in [-0.05, 0) is 57.4 Å². The highest BCUT2D eigenvalue weighted by Gasteiger charge is 2.19. The van der Waals surface area contributed by atoms with Gasteiger partial charge in [0.1, 0.15) is 0 Å². The van der Waals surface area contributed by atoms with Crippen LogP contribution in [0, 0.1) is 0 Å². The smallest absolute Gasteiger partial charge is 0.191 e. The van der Waals surface area contributed by atoms with E-state index in [9.17, 15) is 0 Å². The summed E-state index contributed by atoms with van der Waals surface area (Å²) >= 11 is 0. The average Bonchev–Trinajstić information content (AvgIpc) is 2.69. The molecule has 27 heavy (non-hydrogen) atoms. The van der Waals surface area contributed by atoms with E-state index in [1.165, 1.54) is 38.9 Å². The van der Waals surface area contributed by atoms with Gasteiger partial charge in [0.25, 0.3) is 0 Å². The Morgan fingerprint density at radius 2 is 1.96 bits per heavy atom. The predicted molar refractivity (Wildman–Crippen MR) is 112 cm³/mol. The second-order valence-corrected chi connectivity index (χ2v) is 6.87. The zero-order valence-electron chi connectivity index (χ0n) is 17.4. The average molecular weight is 377 g/mol. The molecule has 0 amide bonds. The summed E-state index contributed by atoms with van der Waals surface area (Å²) in [6, 6.07) is 6.49. The molecule has 1 saturated heterocycles. The molecule has 1 aliphatic rings. The maximum Gasteiger partial charge on any atom is 0.191 e. The lowest BCUT2D eigenvalue weighted by atomic mass is 10.1. The number of nitrogens with zero attached hydrogens (tertiary/aromatic N) is 2. The van der Waals surface area contributed by atoms with Crippen LogP contribution in [0.3, 0.4) is 0 Å². The third kappa shape index (κ3) is 6.94. The van der Waals surface area contributed by atoms with E-state index in [4.69, 9.17) is 14.5 Å². The molecule has 0 radical (unpaired) electrons. The quantitative estimate of drug-likeness (QED) is 0.512. The van der Waals surface area contributed by atoms with Crippen LogP contribution in [0.25, 0.3) is 0 Å². The standard InChI is InChI=1S/C21H36N4O2/c1-5-12-25-13-10-18(11-14-25)24-21(22-6-2)23-16-17-8-9-19(27-7-3)20(15-17)26-4/h8-9,15,18H,5-7,10-14,16H2,1-4H3,(H2,22,23,24). The molecule has 1 aliphatic heterocycles. The molecule has 0 unspecified atom stereocenters. The fourth-order valence-electron chi connectivity index (χ4n) is 3.39. The number of likely N-dealkylation sites (tertiary alicyclic amines) is 1. The molecular weight excluding hydrogens is 340 g/mol. The van der Waals surface area contributed by atoms with Crippen LogP contribution in [0.4, 0.5) is 0 Å². The number of hydrogen-bond donors (Lipinski definition) is 2. The number of piperidine rings is 1. The van der Waals surface area contributed by atoms with Gasteiger partial charge in [0.15, 0.2) is 17.5 Å². The van der Waals surface area contributed by atoms with E-state index in [1.54, 1.807) is 7.11 Å². The third-order valence-corrected chi connectivity index (χ3v) is 4.76. The molecule has 0 atom stereocenters. The normalized spacial score (nSPS) is 16.2. The van der Waals surface area contributed by atoms with Crippen LogP contribution in [0.5, 0.6) is 11.5 Å². The molecule has 6 nitrogen and oxygen atoms in total. The first-order valence-electron chi connectivity index (χ1n) is 10.3. The minimum atomic E-state index is 0.491. The summed E-state index contributed by atoms with van der Waals surface area (Å²) in [6.07, 6.45) is 3.57. The van der Waals surface area contributed by atoms with E-state index in [1.807, 2.05) is 25.1 Å². The van der Waals surface area contributed by atoms with Crippen molar-refractivity contribution in [3.63, 3.8) is 0 Å². The Hall–Kier alpha value is -1.95. The van der Waals surface area contributed by atoms with Gasteiger partial charge in [0.05, 0.1) is 20.3 Å². The number of hydrogen-bond acceptors (Lipinski definition) is 4. The zero-order chi connectivity index (χ0) is 19.5. The van der Waals surface area contributed by atoms with Crippen molar-refractivity contribution in [2.75, 3.05) is 39.9 Å². The fourth-order valence-corrected chi connectivity index (χ4v) is 3.39. The summed E-state index contributed by atoms with van der Waals surface area (Å²) in [5.41, 5.74) is 1.10. The number of aliphatic imine (C=N–C) groups is 1. The van der Waals surface area contributed by atoms with Crippen LogP contribution in [0.1, 0.15) is 45.6 Å². The molecule has 1 heterocycles. The van der Waals surface area contributed by atoms with E-state index < -0.39 is 0 Å². The maximum atomic E-state index is 5.58. The van der Waals surface area contributed by atoms with Crippen LogP contribution >= 0.6 is 0 Å². The summed E-state index contributed by atoms with van der Waals surface area (Å²) in [6.45, 7) is 11.9. The highest BCUT2D eigenvalue weighted by atomic mass is 16.5. The van der Waals surface area contributed by atoms with Gasteiger partial charge < -0.3 is 25.0 Å². The monoisotopic (exact) mass is 376 g/mol. The van der Waals surface area contributed by atoms with Gasteiger partial charge in [0, 0.05) is 25.7 Å². The lowest BCUT2D eigenvalue weighted by Crippen LogP contribution is -2.48. The molecule has 1 aromatic rings. The summed E-state index contributed by atoms with van der Waals surface area (Å²) < 4.78 is 11.0. The molecule has 2 N–H and O–H groups in total. The number of guanidine groups is 1. The Kier molecular flexibility index (Phi) is 9.25. The topological polar surface area (TPSA) is 58.1 Å². The van der Waals surface area contributed by atoms with E-state index in [0.29, 0.717) is 19.2 Å². The van der Waals surface area contributed by atoms with Crippen LogP contribution in [-0.4, -0.2) is 56.8 Å². The molecule has 0 spiro atoms. The molecular formula is C21H36N4O2. The second kappa shape index (κ2) is 11.7. The van der Waals surface area contributed by atoms with Crippen molar-refractivity contribution in [2.45, 2.75) is 52.6 Å². The van der Waals surface area contributed by atoms with Gasteiger partial charge in [-0.1, -0.05) is 13.0 Å². The van der Waals surface area contributed by atoms with Crippen LogP contribution in [0.2, 0.25) is 0 Å². The Morgan fingerprint density at radius 3 is 2.59 bits per heavy atom. The van der Waals surface area contributed by atoms with Gasteiger partial charge in [-0.15, -0.1) is 0 Å². The van der Waals surface area contributed by atoms with Crippen molar-refractivity contribution >= 4 is 5.96 Å². The largest absolute Gasteiger partial charge is 0.493 e.